The summed E-state index contributed by atoms with van der Waals surface area (Å²) in [7, 11) is -3.10. The first-order chi connectivity index (χ1) is 15.1. The highest BCUT2D eigenvalue weighted by atomic mass is 32.2. The molecule has 2 aromatic heterocycles. The second kappa shape index (κ2) is 7.71. The van der Waals surface area contributed by atoms with E-state index in [1.807, 2.05) is 26.1 Å². The molecule has 0 aliphatic carbocycles. The number of nitrogens with one attached hydrogen (secondary N) is 1. The average molecular weight is 472 g/mol. The Labute approximate surface area is 192 Å². The lowest BCUT2D eigenvalue weighted by atomic mass is 9.86. The molecule has 1 atom stereocenters. The summed E-state index contributed by atoms with van der Waals surface area (Å²) < 4.78 is 24.2. The molecule has 1 unspecified atom stereocenters. The molecule has 0 bridgehead atoms. The summed E-state index contributed by atoms with van der Waals surface area (Å²) in [6, 6.07) is 6.20. The highest BCUT2D eigenvalue weighted by Gasteiger charge is 2.41. The standard InChI is InChI=1S/C24H29N3O3S2/c1-24(2)11-15(4-7-32(24,29)30)21-12-26-22-19(21)9-16(10-20(22)23(25)28)17-8-18(31-14-17)13-27-5-3-6-27/h8-10,12,14-15,26H,3-7,11,13H2,1-2H3,(H2,25,28). The molecule has 2 saturated heterocycles. The number of carbonyl (C=O) groups excluding carboxylic acids is 1. The van der Waals surface area contributed by atoms with Gasteiger partial charge in [0.2, 0.25) is 0 Å². The lowest BCUT2D eigenvalue weighted by Gasteiger charge is -2.34. The number of hydrogen-bond donors (Lipinski definition) is 2. The molecule has 3 N–H and O–H groups in total. The van der Waals surface area contributed by atoms with Gasteiger partial charge in [-0.1, -0.05) is 0 Å². The van der Waals surface area contributed by atoms with Crippen LogP contribution in [0.2, 0.25) is 0 Å². The van der Waals surface area contributed by atoms with Crippen LogP contribution in [-0.2, 0) is 16.4 Å². The van der Waals surface area contributed by atoms with Crippen LogP contribution >= 0.6 is 11.3 Å². The van der Waals surface area contributed by atoms with Gasteiger partial charge in [0.1, 0.15) is 0 Å². The summed E-state index contributed by atoms with van der Waals surface area (Å²) in [4.78, 5) is 19.3. The fourth-order valence-electron chi connectivity index (χ4n) is 4.99. The van der Waals surface area contributed by atoms with Gasteiger partial charge < -0.3 is 10.7 Å². The van der Waals surface area contributed by atoms with Gasteiger partial charge in [-0.3, -0.25) is 9.69 Å². The molecule has 1 amide bonds. The lowest BCUT2D eigenvalue weighted by molar-refractivity contribution is 0.100. The number of sulfone groups is 1. The van der Waals surface area contributed by atoms with Crippen LogP contribution < -0.4 is 5.73 Å². The van der Waals surface area contributed by atoms with E-state index >= 15 is 0 Å². The number of fused-ring (bicyclic) bond motifs is 1. The maximum absolute atomic E-state index is 12.5. The summed E-state index contributed by atoms with van der Waals surface area (Å²) in [5, 5.41) is 3.11. The molecule has 0 radical (unpaired) electrons. The van der Waals surface area contributed by atoms with Crippen molar-refractivity contribution in [1.29, 1.82) is 0 Å². The first kappa shape index (κ1) is 21.7. The van der Waals surface area contributed by atoms with Crippen molar-refractivity contribution in [3.8, 4) is 11.1 Å². The molecule has 6 nitrogen and oxygen atoms in total. The molecule has 2 aliphatic rings. The Morgan fingerprint density at radius 3 is 2.69 bits per heavy atom. The van der Waals surface area contributed by atoms with Crippen LogP contribution in [0.1, 0.15) is 59.8 Å². The first-order valence-electron chi connectivity index (χ1n) is 11.1. The van der Waals surface area contributed by atoms with Crippen LogP contribution in [0.3, 0.4) is 0 Å². The van der Waals surface area contributed by atoms with Crippen LogP contribution in [0.15, 0.2) is 29.8 Å². The van der Waals surface area contributed by atoms with E-state index in [9.17, 15) is 13.2 Å². The van der Waals surface area contributed by atoms with Crippen LogP contribution in [-0.4, -0.2) is 47.8 Å². The van der Waals surface area contributed by atoms with E-state index in [1.54, 1.807) is 11.3 Å². The van der Waals surface area contributed by atoms with E-state index in [0.717, 1.165) is 47.2 Å². The maximum atomic E-state index is 12.5. The number of thiophene rings is 1. The number of amides is 1. The number of hydrogen-bond acceptors (Lipinski definition) is 5. The van der Waals surface area contributed by atoms with E-state index in [0.29, 0.717) is 18.4 Å². The fraction of sp³-hybridized carbons (Fsp3) is 0.458. The van der Waals surface area contributed by atoms with Crippen molar-refractivity contribution < 1.29 is 13.2 Å². The van der Waals surface area contributed by atoms with E-state index in [1.165, 1.54) is 11.3 Å². The first-order valence-corrected chi connectivity index (χ1v) is 13.6. The zero-order chi connectivity index (χ0) is 22.7. The number of aromatic amines is 1. The maximum Gasteiger partial charge on any atom is 0.250 e. The third kappa shape index (κ3) is 3.68. The molecule has 8 heteroatoms. The molecule has 5 rings (SSSR count). The van der Waals surface area contributed by atoms with Gasteiger partial charge in [0, 0.05) is 23.0 Å². The smallest absolute Gasteiger partial charge is 0.250 e. The zero-order valence-corrected chi connectivity index (χ0v) is 20.1. The summed E-state index contributed by atoms with van der Waals surface area (Å²) in [6.45, 7) is 6.91. The van der Waals surface area contributed by atoms with Crippen molar-refractivity contribution in [2.24, 2.45) is 5.73 Å². The molecule has 4 heterocycles. The number of nitrogens with two attached hydrogens (primary N) is 1. The number of carbonyl (C=O) groups is 1. The highest BCUT2D eigenvalue weighted by molar-refractivity contribution is 7.92. The normalized spacial score (nSPS) is 22.6. The van der Waals surface area contributed by atoms with Crippen molar-refractivity contribution >= 4 is 38.0 Å². The van der Waals surface area contributed by atoms with Crippen molar-refractivity contribution in [1.82, 2.24) is 9.88 Å². The van der Waals surface area contributed by atoms with Gasteiger partial charge in [0.15, 0.2) is 9.84 Å². The SMILES string of the molecule is CC1(C)CC(c2c[nH]c3c(C(N)=O)cc(-c4csc(CN5CCC5)c4)cc23)CCS1(=O)=O. The Hall–Kier alpha value is -2.16. The Morgan fingerprint density at radius 2 is 2.03 bits per heavy atom. The van der Waals surface area contributed by atoms with Crippen molar-refractivity contribution in [3.63, 3.8) is 0 Å². The zero-order valence-electron chi connectivity index (χ0n) is 18.5. The van der Waals surface area contributed by atoms with Gasteiger partial charge in [0.05, 0.1) is 21.6 Å². The Kier molecular flexibility index (Phi) is 5.22. The topological polar surface area (TPSA) is 96.3 Å². The van der Waals surface area contributed by atoms with Crippen LogP contribution in [0.4, 0.5) is 0 Å². The Morgan fingerprint density at radius 1 is 1.25 bits per heavy atom. The fourth-order valence-corrected chi connectivity index (χ4v) is 7.53. The molecule has 32 heavy (non-hydrogen) atoms. The van der Waals surface area contributed by atoms with Crippen LogP contribution in [0.5, 0.6) is 0 Å². The molecule has 170 valence electrons. The van der Waals surface area contributed by atoms with E-state index in [2.05, 4.69) is 27.4 Å². The largest absolute Gasteiger partial charge is 0.366 e. The number of benzene rings is 1. The monoisotopic (exact) mass is 471 g/mol. The number of aromatic nitrogens is 1. The number of nitrogens with zero attached hydrogens (tertiary/aromatic N) is 1. The molecule has 2 aliphatic heterocycles. The Bertz CT molecular complexity index is 1300. The van der Waals surface area contributed by atoms with Gasteiger partial charge in [-0.15, -0.1) is 11.3 Å². The third-order valence-electron chi connectivity index (χ3n) is 7.16. The number of rotatable bonds is 5. The van der Waals surface area contributed by atoms with Gasteiger partial charge >= 0.3 is 0 Å². The molecule has 0 spiro atoms. The quantitative estimate of drug-likeness (QED) is 0.581. The molecule has 2 fully saturated rings. The van der Waals surface area contributed by atoms with Gasteiger partial charge in [0.25, 0.3) is 5.91 Å². The summed E-state index contributed by atoms with van der Waals surface area (Å²) in [5.74, 6) is -0.167. The van der Waals surface area contributed by atoms with Crippen molar-refractivity contribution in [2.75, 3.05) is 18.8 Å². The number of likely N-dealkylation sites (tertiary alicyclic amines) is 1. The lowest BCUT2D eigenvalue weighted by Crippen LogP contribution is -2.40. The summed E-state index contributed by atoms with van der Waals surface area (Å²) in [5.41, 5.74) is 10.1. The average Bonchev–Trinajstić information content (AvgIpc) is 3.33. The van der Waals surface area contributed by atoms with Gasteiger partial charge in [-0.05, 0) is 92.4 Å². The van der Waals surface area contributed by atoms with E-state index in [-0.39, 0.29) is 11.7 Å². The van der Waals surface area contributed by atoms with Crippen LogP contribution in [0, 0.1) is 0 Å². The second-order valence-electron chi connectivity index (χ2n) is 9.75. The molecular weight excluding hydrogens is 442 g/mol. The summed E-state index contributed by atoms with van der Waals surface area (Å²) >= 11 is 1.74. The molecule has 0 saturated carbocycles. The minimum Gasteiger partial charge on any atom is -0.366 e. The van der Waals surface area contributed by atoms with Crippen LogP contribution in [0.25, 0.3) is 22.0 Å². The predicted molar refractivity (Wildman–Crippen MR) is 130 cm³/mol. The van der Waals surface area contributed by atoms with E-state index in [4.69, 9.17) is 5.73 Å². The highest BCUT2D eigenvalue weighted by Crippen LogP contribution is 2.43. The summed E-state index contributed by atoms with van der Waals surface area (Å²) in [6.07, 6.45) is 4.36. The Balaban J connectivity index is 1.55. The minimum atomic E-state index is -3.10. The van der Waals surface area contributed by atoms with Gasteiger partial charge in [-0.2, -0.15) is 0 Å². The van der Waals surface area contributed by atoms with Gasteiger partial charge in [-0.25, -0.2) is 8.42 Å². The molecule has 3 aromatic rings. The predicted octanol–water partition coefficient (Wildman–Crippen LogP) is 4.27. The number of primary amides is 1. The van der Waals surface area contributed by atoms with Crippen molar-refractivity contribution in [3.05, 3.63) is 45.8 Å². The molecule has 1 aromatic carbocycles. The third-order valence-corrected chi connectivity index (χ3v) is 10.7. The minimum absolute atomic E-state index is 0.114. The second-order valence-corrected chi connectivity index (χ2v) is 13.5. The van der Waals surface area contributed by atoms with Crippen molar-refractivity contribution in [2.45, 2.75) is 50.3 Å². The van der Waals surface area contributed by atoms with E-state index < -0.39 is 20.5 Å². The molecular formula is C24H29N3O3S2. The number of H-pyrrole nitrogens is 1.